The lowest BCUT2D eigenvalue weighted by atomic mass is 10.0. The van der Waals surface area contributed by atoms with Crippen LogP contribution in [0.25, 0.3) is 0 Å². The number of anilines is 1. The number of halogens is 2. The molecule has 0 saturated carbocycles. The fourth-order valence-electron chi connectivity index (χ4n) is 3.04. The highest BCUT2D eigenvalue weighted by Gasteiger charge is 2.30. The van der Waals surface area contributed by atoms with Gasteiger partial charge < -0.3 is 10.0 Å². The van der Waals surface area contributed by atoms with Crippen LogP contribution < -0.4 is 4.90 Å². The van der Waals surface area contributed by atoms with Gasteiger partial charge in [0.05, 0.1) is 0 Å². The molecule has 1 aliphatic rings. The van der Waals surface area contributed by atoms with E-state index in [1.165, 1.54) is 36.4 Å². The second kappa shape index (κ2) is 6.97. The molecule has 3 rings (SSSR count). The van der Waals surface area contributed by atoms with E-state index in [-0.39, 0.29) is 11.6 Å². The number of carboxylic acid groups (broad SMARTS) is 1. The van der Waals surface area contributed by atoms with Crippen molar-refractivity contribution in [1.82, 2.24) is 4.90 Å². The first-order valence-corrected chi connectivity index (χ1v) is 7.77. The van der Waals surface area contributed by atoms with Gasteiger partial charge in [0.2, 0.25) is 0 Å². The molecule has 2 aromatic rings. The van der Waals surface area contributed by atoms with E-state index in [2.05, 4.69) is 4.90 Å². The number of nitrogens with zero attached hydrogens (tertiary/aromatic N) is 2. The highest BCUT2D eigenvalue weighted by molar-refractivity contribution is 5.75. The van der Waals surface area contributed by atoms with Gasteiger partial charge in [-0.3, -0.25) is 9.69 Å². The Morgan fingerprint density at radius 3 is 1.88 bits per heavy atom. The van der Waals surface area contributed by atoms with E-state index in [1.54, 1.807) is 12.1 Å². The van der Waals surface area contributed by atoms with Gasteiger partial charge in [0, 0.05) is 31.9 Å². The molecule has 126 valence electrons. The molecule has 0 spiro atoms. The van der Waals surface area contributed by atoms with Crippen LogP contribution in [-0.4, -0.2) is 42.2 Å². The minimum Gasteiger partial charge on any atom is -0.480 e. The number of carboxylic acids is 1. The Kier molecular flexibility index (Phi) is 4.76. The molecule has 1 unspecified atom stereocenters. The minimum absolute atomic E-state index is 0.278. The Morgan fingerprint density at radius 2 is 1.38 bits per heavy atom. The number of carbonyl (C=O) groups is 1. The van der Waals surface area contributed by atoms with Gasteiger partial charge in [0.25, 0.3) is 0 Å². The molecule has 24 heavy (non-hydrogen) atoms. The van der Waals surface area contributed by atoms with Crippen LogP contribution in [0.2, 0.25) is 0 Å². The first kappa shape index (κ1) is 16.4. The molecule has 1 atom stereocenters. The zero-order valence-corrected chi connectivity index (χ0v) is 13.0. The predicted octanol–water partition coefficient (Wildman–Crippen LogP) is 2.91. The van der Waals surface area contributed by atoms with Crippen molar-refractivity contribution in [3.05, 3.63) is 65.7 Å². The van der Waals surface area contributed by atoms with Gasteiger partial charge in [-0.05, 0) is 42.0 Å². The SMILES string of the molecule is O=C(O)C(c1ccc(F)cc1)N1CCN(c2ccc(F)cc2)CC1. The highest BCUT2D eigenvalue weighted by Crippen LogP contribution is 2.25. The van der Waals surface area contributed by atoms with Crippen molar-refractivity contribution < 1.29 is 18.7 Å². The second-order valence-corrected chi connectivity index (χ2v) is 5.79. The maximum atomic E-state index is 13.1. The van der Waals surface area contributed by atoms with E-state index < -0.39 is 12.0 Å². The summed E-state index contributed by atoms with van der Waals surface area (Å²) in [6.07, 6.45) is 0. The Balaban J connectivity index is 1.70. The molecule has 0 aliphatic carbocycles. The lowest BCUT2D eigenvalue weighted by molar-refractivity contribution is -0.143. The van der Waals surface area contributed by atoms with E-state index in [4.69, 9.17) is 0 Å². The molecule has 1 aliphatic heterocycles. The smallest absolute Gasteiger partial charge is 0.325 e. The molecular weight excluding hydrogens is 314 g/mol. The number of aliphatic carboxylic acids is 1. The summed E-state index contributed by atoms with van der Waals surface area (Å²) in [6.45, 7) is 2.42. The summed E-state index contributed by atoms with van der Waals surface area (Å²) in [7, 11) is 0. The summed E-state index contributed by atoms with van der Waals surface area (Å²) in [5.41, 5.74) is 1.49. The van der Waals surface area contributed by atoms with Crippen molar-refractivity contribution in [1.29, 1.82) is 0 Å². The summed E-state index contributed by atoms with van der Waals surface area (Å²) in [5.74, 6) is -1.61. The van der Waals surface area contributed by atoms with Crippen molar-refractivity contribution in [2.24, 2.45) is 0 Å². The monoisotopic (exact) mass is 332 g/mol. The normalized spacial score (nSPS) is 16.8. The number of hydrogen-bond donors (Lipinski definition) is 1. The molecule has 1 saturated heterocycles. The molecule has 1 N–H and O–H groups in total. The van der Waals surface area contributed by atoms with Crippen LogP contribution >= 0.6 is 0 Å². The fraction of sp³-hybridized carbons (Fsp3) is 0.278. The Bertz CT molecular complexity index is 696. The minimum atomic E-state index is -0.947. The topological polar surface area (TPSA) is 43.8 Å². The predicted molar refractivity (Wildman–Crippen MR) is 87.0 cm³/mol. The van der Waals surface area contributed by atoms with Crippen LogP contribution in [0.3, 0.4) is 0 Å². The molecule has 1 fully saturated rings. The molecular formula is C18H18F2N2O2. The molecule has 1 heterocycles. The van der Waals surface area contributed by atoms with Crippen LogP contribution in [0.15, 0.2) is 48.5 Å². The third-order valence-electron chi connectivity index (χ3n) is 4.29. The van der Waals surface area contributed by atoms with Gasteiger partial charge in [-0.15, -0.1) is 0 Å². The van der Waals surface area contributed by atoms with Crippen molar-refractivity contribution >= 4 is 11.7 Å². The van der Waals surface area contributed by atoms with Gasteiger partial charge in [-0.2, -0.15) is 0 Å². The summed E-state index contributed by atoms with van der Waals surface area (Å²) < 4.78 is 26.1. The summed E-state index contributed by atoms with van der Waals surface area (Å²) in [5, 5.41) is 9.57. The maximum absolute atomic E-state index is 13.1. The van der Waals surface area contributed by atoms with Gasteiger partial charge in [0.1, 0.15) is 17.7 Å². The summed E-state index contributed by atoms with van der Waals surface area (Å²) in [6, 6.07) is 11.1. The number of rotatable bonds is 4. The van der Waals surface area contributed by atoms with Crippen LogP contribution in [-0.2, 0) is 4.79 Å². The first-order chi connectivity index (χ1) is 11.5. The molecule has 4 nitrogen and oxygen atoms in total. The van der Waals surface area contributed by atoms with E-state index in [9.17, 15) is 18.7 Å². The summed E-state index contributed by atoms with van der Waals surface area (Å²) in [4.78, 5) is 15.6. The quantitative estimate of drug-likeness (QED) is 0.935. The number of hydrogen-bond acceptors (Lipinski definition) is 3. The molecule has 0 bridgehead atoms. The molecule has 0 amide bonds. The number of piperazine rings is 1. The van der Waals surface area contributed by atoms with Gasteiger partial charge >= 0.3 is 5.97 Å². The van der Waals surface area contributed by atoms with Crippen LogP contribution in [0.4, 0.5) is 14.5 Å². The largest absolute Gasteiger partial charge is 0.480 e. The average molecular weight is 332 g/mol. The van der Waals surface area contributed by atoms with Gasteiger partial charge in [0.15, 0.2) is 0 Å². The van der Waals surface area contributed by atoms with Crippen molar-refractivity contribution in [3.8, 4) is 0 Å². The maximum Gasteiger partial charge on any atom is 0.325 e. The standard InChI is InChI=1S/C18H18F2N2O2/c19-14-3-1-13(2-4-14)17(18(23)24)22-11-9-21(10-12-22)16-7-5-15(20)6-8-16/h1-8,17H,9-12H2,(H,23,24). The lowest BCUT2D eigenvalue weighted by Gasteiger charge is -2.38. The third kappa shape index (κ3) is 3.54. The van der Waals surface area contributed by atoms with Crippen molar-refractivity contribution in [2.75, 3.05) is 31.1 Å². The molecule has 6 heteroatoms. The zero-order chi connectivity index (χ0) is 17.1. The van der Waals surface area contributed by atoms with Crippen LogP contribution in [0.5, 0.6) is 0 Å². The molecule has 0 radical (unpaired) electrons. The lowest BCUT2D eigenvalue weighted by Crippen LogP contribution is -2.49. The summed E-state index contributed by atoms with van der Waals surface area (Å²) >= 11 is 0. The second-order valence-electron chi connectivity index (χ2n) is 5.79. The fourth-order valence-corrected chi connectivity index (χ4v) is 3.04. The molecule has 2 aromatic carbocycles. The van der Waals surface area contributed by atoms with E-state index in [1.807, 2.05) is 4.90 Å². The number of benzene rings is 2. The van der Waals surface area contributed by atoms with E-state index in [0.29, 0.717) is 31.7 Å². The Hall–Kier alpha value is -2.47. The van der Waals surface area contributed by atoms with E-state index in [0.717, 1.165) is 5.69 Å². The van der Waals surface area contributed by atoms with Crippen molar-refractivity contribution in [3.63, 3.8) is 0 Å². The van der Waals surface area contributed by atoms with E-state index >= 15 is 0 Å². The zero-order valence-electron chi connectivity index (χ0n) is 13.0. The highest BCUT2D eigenvalue weighted by atomic mass is 19.1. The Morgan fingerprint density at radius 1 is 0.875 bits per heavy atom. The van der Waals surface area contributed by atoms with Crippen LogP contribution in [0, 0.1) is 11.6 Å². The van der Waals surface area contributed by atoms with Gasteiger partial charge in [-0.1, -0.05) is 12.1 Å². The third-order valence-corrected chi connectivity index (χ3v) is 4.29. The van der Waals surface area contributed by atoms with Crippen LogP contribution in [0.1, 0.15) is 11.6 Å². The molecule has 0 aromatic heterocycles. The van der Waals surface area contributed by atoms with Crippen molar-refractivity contribution in [2.45, 2.75) is 6.04 Å². The van der Waals surface area contributed by atoms with Gasteiger partial charge in [-0.25, -0.2) is 8.78 Å². The first-order valence-electron chi connectivity index (χ1n) is 7.77. The Labute approximate surface area is 138 Å². The average Bonchev–Trinajstić information content (AvgIpc) is 2.58.